The van der Waals surface area contributed by atoms with Crippen molar-refractivity contribution in [3.63, 3.8) is 0 Å². The van der Waals surface area contributed by atoms with E-state index < -0.39 is 15.9 Å². The van der Waals surface area contributed by atoms with Crippen LogP contribution in [-0.4, -0.2) is 36.3 Å². The van der Waals surface area contributed by atoms with Gasteiger partial charge in [-0.2, -0.15) is 5.10 Å². The Labute approximate surface area is 169 Å². The molecule has 0 aliphatic rings. The molecule has 2 N–H and O–H groups in total. The predicted molar refractivity (Wildman–Crippen MR) is 111 cm³/mol. The van der Waals surface area contributed by atoms with E-state index in [0.29, 0.717) is 0 Å². The fourth-order valence-corrected chi connectivity index (χ4v) is 4.13. The second-order valence-corrected chi connectivity index (χ2v) is 8.74. The summed E-state index contributed by atoms with van der Waals surface area (Å²) in [4.78, 5) is 12.9. The molecule has 3 rings (SSSR count). The van der Waals surface area contributed by atoms with E-state index >= 15 is 0 Å². The number of phenols is 1. The number of benzene rings is 2. The van der Waals surface area contributed by atoms with Crippen LogP contribution in [0.3, 0.4) is 0 Å². The van der Waals surface area contributed by atoms with Gasteiger partial charge in [-0.25, -0.2) is 8.42 Å². The summed E-state index contributed by atoms with van der Waals surface area (Å²) in [7, 11) is -0.981. The van der Waals surface area contributed by atoms with Gasteiger partial charge >= 0.3 is 0 Å². The fourth-order valence-electron chi connectivity index (χ4n) is 2.89. The highest BCUT2D eigenvalue weighted by Crippen LogP contribution is 2.28. The van der Waals surface area contributed by atoms with E-state index in [9.17, 15) is 18.3 Å². The van der Waals surface area contributed by atoms with E-state index in [1.807, 2.05) is 13.8 Å². The third-order valence-electron chi connectivity index (χ3n) is 4.53. The first-order valence-corrected chi connectivity index (χ1v) is 10.2. The second-order valence-electron chi connectivity index (χ2n) is 6.77. The predicted octanol–water partition coefficient (Wildman–Crippen LogP) is 2.82. The first-order chi connectivity index (χ1) is 13.6. The maximum Gasteiger partial charge on any atom is 0.265 e. The monoisotopic (exact) mass is 414 g/mol. The number of hydrogen-bond donors (Lipinski definition) is 2. The van der Waals surface area contributed by atoms with Gasteiger partial charge < -0.3 is 10.4 Å². The number of hydrogen-bond acceptors (Lipinski definition) is 5. The molecule has 1 heterocycles. The highest BCUT2D eigenvalue weighted by atomic mass is 32.2. The Kier molecular flexibility index (Phi) is 5.34. The maximum absolute atomic E-state index is 13.0. The van der Waals surface area contributed by atoms with Gasteiger partial charge in [0, 0.05) is 14.1 Å². The molecule has 0 saturated carbocycles. The molecule has 1 aromatic heterocycles. The van der Waals surface area contributed by atoms with Crippen molar-refractivity contribution in [3.8, 4) is 5.75 Å². The van der Waals surface area contributed by atoms with Crippen LogP contribution in [0, 0.1) is 13.8 Å². The fraction of sp³-hybridized carbons (Fsp3) is 0.200. The normalized spacial score (nSPS) is 11.3. The molecule has 0 aliphatic carbocycles. The van der Waals surface area contributed by atoms with Crippen molar-refractivity contribution in [1.29, 1.82) is 0 Å². The third kappa shape index (κ3) is 3.95. The second kappa shape index (κ2) is 7.59. The van der Waals surface area contributed by atoms with Crippen molar-refractivity contribution in [1.82, 2.24) is 9.78 Å². The first kappa shape index (κ1) is 20.4. The summed E-state index contributed by atoms with van der Waals surface area (Å²) in [5.74, 6) is -0.565. The first-order valence-electron chi connectivity index (χ1n) is 8.80. The van der Waals surface area contributed by atoms with E-state index in [1.54, 1.807) is 31.3 Å². The summed E-state index contributed by atoms with van der Waals surface area (Å²) in [5.41, 5.74) is 2.08. The van der Waals surface area contributed by atoms with E-state index in [1.165, 1.54) is 36.1 Å². The molecular weight excluding hydrogens is 392 g/mol. The zero-order valence-electron chi connectivity index (χ0n) is 16.5. The topological polar surface area (TPSA) is 105 Å². The van der Waals surface area contributed by atoms with E-state index in [0.717, 1.165) is 15.4 Å². The number of sulfonamides is 1. The number of amides is 1. The molecule has 0 bridgehead atoms. The summed E-state index contributed by atoms with van der Waals surface area (Å²) in [6.07, 6.45) is 1.29. The van der Waals surface area contributed by atoms with Crippen molar-refractivity contribution in [3.05, 3.63) is 65.4 Å². The third-order valence-corrected chi connectivity index (χ3v) is 6.29. The minimum Gasteiger partial charge on any atom is -0.506 e. The van der Waals surface area contributed by atoms with Crippen LogP contribution >= 0.6 is 0 Å². The smallest absolute Gasteiger partial charge is 0.265 e. The average Bonchev–Trinajstić information content (AvgIpc) is 3.05. The van der Waals surface area contributed by atoms with E-state index in [4.69, 9.17) is 0 Å². The SMILES string of the molecule is Cc1ccc(S(=O)(=O)N(C)c2c(C(=O)Nc3cc(C)ccc3O)cnn2C)cc1. The molecule has 29 heavy (non-hydrogen) atoms. The number of anilines is 2. The molecule has 1 amide bonds. The standard InChI is InChI=1S/C20H22N4O4S/c1-13-5-8-15(9-6-13)29(27,28)24(4)20-16(12-21-23(20)3)19(26)22-17-11-14(2)7-10-18(17)25/h5-12,25H,1-4H3,(H,22,26). The van der Waals surface area contributed by atoms with Crippen LogP contribution in [0.5, 0.6) is 5.75 Å². The van der Waals surface area contributed by atoms with Crippen LogP contribution < -0.4 is 9.62 Å². The van der Waals surface area contributed by atoms with Crippen LogP contribution in [0.2, 0.25) is 0 Å². The number of carbonyl (C=O) groups excluding carboxylic acids is 1. The van der Waals surface area contributed by atoms with Crippen molar-refractivity contribution in [2.75, 3.05) is 16.7 Å². The molecule has 0 radical (unpaired) electrons. The molecule has 0 aliphatic heterocycles. The van der Waals surface area contributed by atoms with Crippen molar-refractivity contribution < 1.29 is 18.3 Å². The number of carbonyl (C=O) groups is 1. The minimum absolute atomic E-state index is 0.0617. The number of nitrogens with one attached hydrogen (secondary N) is 1. The van der Waals surface area contributed by atoms with Crippen LogP contribution in [-0.2, 0) is 17.1 Å². The van der Waals surface area contributed by atoms with Gasteiger partial charge in [-0.15, -0.1) is 0 Å². The highest BCUT2D eigenvalue weighted by molar-refractivity contribution is 7.92. The molecule has 9 heteroatoms. The summed E-state index contributed by atoms with van der Waals surface area (Å²) in [6, 6.07) is 11.3. The molecule has 0 atom stereocenters. The van der Waals surface area contributed by atoms with Crippen LogP contribution in [0.1, 0.15) is 21.5 Å². The number of aryl methyl sites for hydroxylation is 3. The Morgan fingerprint density at radius 2 is 1.72 bits per heavy atom. The van der Waals surface area contributed by atoms with Gasteiger partial charge in [0.25, 0.3) is 15.9 Å². The molecule has 152 valence electrons. The molecule has 8 nitrogen and oxygen atoms in total. The van der Waals surface area contributed by atoms with Crippen LogP contribution in [0.4, 0.5) is 11.5 Å². The van der Waals surface area contributed by atoms with Crippen molar-refractivity contribution >= 4 is 27.4 Å². The lowest BCUT2D eigenvalue weighted by molar-refractivity contribution is 0.102. The molecule has 0 spiro atoms. The molecule has 3 aromatic rings. The lowest BCUT2D eigenvalue weighted by atomic mass is 10.2. The summed E-state index contributed by atoms with van der Waals surface area (Å²) >= 11 is 0. The van der Waals surface area contributed by atoms with Crippen LogP contribution in [0.15, 0.2) is 53.6 Å². The Bertz CT molecular complexity index is 1170. The zero-order chi connectivity index (χ0) is 21.3. The van der Waals surface area contributed by atoms with Crippen molar-refractivity contribution in [2.45, 2.75) is 18.7 Å². The summed E-state index contributed by atoms with van der Waals surface area (Å²) < 4.78 is 28.4. The summed E-state index contributed by atoms with van der Waals surface area (Å²) in [6.45, 7) is 3.69. The zero-order valence-corrected chi connectivity index (χ0v) is 17.4. The van der Waals surface area contributed by atoms with Gasteiger partial charge in [-0.1, -0.05) is 23.8 Å². The molecule has 0 unspecified atom stereocenters. The Morgan fingerprint density at radius 3 is 2.38 bits per heavy atom. The van der Waals surface area contributed by atoms with Gasteiger partial charge in [-0.05, 0) is 43.7 Å². The highest BCUT2D eigenvalue weighted by Gasteiger charge is 2.28. The lowest BCUT2D eigenvalue weighted by Gasteiger charge is -2.21. The number of aromatic hydroxyl groups is 1. The van der Waals surface area contributed by atoms with Crippen LogP contribution in [0.25, 0.3) is 0 Å². The minimum atomic E-state index is -3.90. The molecule has 0 fully saturated rings. The Hall–Kier alpha value is -3.33. The summed E-state index contributed by atoms with van der Waals surface area (Å²) in [5, 5.41) is 16.6. The van der Waals surface area contributed by atoms with Gasteiger partial charge in [0.05, 0.1) is 16.8 Å². The number of phenolic OH excluding ortho intramolecular Hbond substituents is 1. The Balaban J connectivity index is 1.97. The lowest BCUT2D eigenvalue weighted by Crippen LogP contribution is -2.30. The molecule has 2 aromatic carbocycles. The average molecular weight is 414 g/mol. The Morgan fingerprint density at radius 1 is 1.10 bits per heavy atom. The van der Waals surface area contributed by atoms with Crippen molar-refractivity contribution in [2.24, 2.45) is 7.05 Å². The van der Waals surface area contributed by atoms with Gasteiger partial charge in [-0.3, -0.25) is 13.8 Å². The number of rotatable bonds is 5. The quantitative estimate of drug-likeness (QED) is 0.625. The van der Waals surface area contributed by atoms with E-state index in [2.05, 4.69) is 10.4 Å². The molecule has 0 saturated heterocycles. The van der Waals surface area contributed by atoms with Gasteiger partial charge in [0.2, 0.25) is 0 Å². The number of nitrogens with zero attached hydrogens (tertiary/aromatic N) is 3. The van der Waals surface area contributed by atoms with E-state index in [-0.39, 0.29) is 27.7 Å². The maximum atomic E-state index is 13.0. The molecular formula is C20H22N4O4S. The van der Waals surface area contributed by atoms with Gasteiger partial charge in [0.15, 0.2) is 5.82 Å². The van der Waals surface area contributed by atoms with Gasteiger partial charge in [0.1, 0.15) is 11.3 Å². The largest absolute Gasteiger partial charge is 0.506 e. The number of aromatic nitrogens is 2.